The van der Waals surface area contributed by atoms with Crippen LogP contribution in [-0.2, 0) is 6.42 Å². The predicted octanol–water partition coefficient (Wildman–Crippen LogP) is 3.69. The Balaban J connectivity index is 0.00000364. The summed E-state index contributed by atoms with van der Waals surface area (Å²) in [4.78, 5) is 7.92. The van der Waals surface area contributed by atoms with Crippen LogP contribution < -0.4 is 15.4 Å². The van der Waals surface area contributed by atoms with Gasteiger partial charge in [0.05, 0.1) is 13.2 Å². The highest BCUT2D eigenvalue weighted by atomic mass is 127. The number of benzene rings is 1. The summed E-state index contributed by atoms with van der Waals surface area (Å²) in [6.07, 6.45) is 0.883. The molecule has 1 aromatic heterocycles. The molecular weight excluding hydrogens is 471 g/mol. The van der Waals surface area contributed by atoms with Crippen LogP contribution in [0.4, 0.5) is 0 Å². The Bertz CT molecular complexity index is 704. The Hall–Kier alpha value is -1.32. The molecule has 0 aliphatic carbocycles. The fourth-order valence-electron chi connectivity index (χ4n) is 2.85. The van der Waals surface area contributed by atoms with Crippen LogP contribution >= 0.6 is 35.3 Å². The molecule has 0 bridgehead atoms. The third-order valence-electron chi connectivity index (χ3n) is 4.30. The van der Waals surface area contributed by atoms with Gasteiger partial charge in [-0.3, -0.25) is 4.99 Å². The summed E-state index contributed by atoms with van der Waals surface area (Å²) >= 11 is 1.78. The maximum Gasteiger partial charge on any atom is 0.191 e. The number of methoxy groups -OCH3 is 1. The molecule has 0 aliphatic heterocycles. The van der Waals surface area contributed by atoms with Gasteiger partial charge in [0.25, 0.3) is 0 Å². The summed E-state index contributed by atoms with van der Waals surface area (Å²) in [6.45, 7) is 3.70. The maximum absolute atomic E-state index is 5.45. The van der Waals surface area contributed by atoms with E-state index in [0.29, 0.717) is 6.04 Å². The highest BCUT2D eigenvalue weighted by Crippen LogP contribution is 2.22. The van der Waals surface area contributed by atoms with Crippen LogP contribution in [0.3, 0.4) is 0 Å². The molecule has 0 saturated carbocycles. The smallest absolute Gasteiger partial charge is 0.191 e. The van der Waals surface area contributed by atoms with E-state index in [4.69, 9.17) is 4.74 Å². The Morgan fingerprint density at radius 1 is 1.26 bits per heavy atom. The number of nitrogens with zero attached hydrogens (tertiary/aromatic N) is 2. The third kappa shape index (κ3) is 7.31. The molecule has 0 spiro atoms. The van der Waals surface area contributed by atoms with E-state index in [0.717, 1.165) is 31.2 Å². The molecule has 0 saturated heterocycles. The van der Waals surface area contributed by atoms with E-state index < -0.39 is 0 Å². The van der Waals surface area contributed by atoms with Gasteiger partial charge in [0.1, 0.15) is 5.75 Å². The minimum absolute atomic E-state index is 0. The predicted molar refractivity (Wildman–Crippen MR) is 127 cm³/mol. The van der Waals surface area contributed by atoms with Crippen molar-refractivity contribution in [2.45, 2.75) is 19.4 Å². The van der Waals surface area contributed by atoms with Crippen LogP contribution in [-0.4, -0.2) is 52.2 Å². The van der Waals surface area contributed by atoms with Crippen molar-refractivity contribution in [2.24, 2.45) is 4.99 Å². The van der Waals surface area contributed by atoms with Gasteiger partial charge in [0.2, 0.25) is 0 Å². The number of halogens is 1. The van der Waals surface area contributed by atoms with Crippen LogP contribution in [0.5, 0.6) is 5.75 Å². The first kappa shape index (κ1) is 23.7. The minimum Gasteiger partial charge on any atom is -0.496 e. The number of aryl methyl sites for hydroxylation is 1. The van der Waals surface area contributed by atoms with Crippen LogP contribution in [0.25, 0.3) is 0 Å². The lowest BCUT2D eigenvalue weighted by atomic mass is 10.1. The van der Waals surface area contributed by atoms with Crippen LogP contribution in [0, 0.1) is 6.92 Å². The lowest BCUT2D eigenvalue weighted by Gasteiger charge is -2.24. The van der Waals surface area contributed by atoms with Crippen molar-refractivity contribution in [3.05, 3.63) is 51.7 Å². The monoisotopic (exact) mass is 502 g/mol. The van der Waals surface area contributed by atoms with Gasteiger partial charge in [-0.15, -0.1) is 35.3 Å². The Morgan fingerprint density at radius 2 is 2.04 bits per heavy atom. The van der Waals surface area contributed by atoms with E-state index in [1.165, 1.54) is 16.0 Å². The number of guanidine groups is 1. The zero-order chi connectivity index (χ0) is 18.9. The summed E-state index contributed by atoms with van der Waals surface area (Å²) in [5.74, 6) is 1.76. The fourth-order valence-corrected chi connectivity index (χ4v) is 3.77. The molecule has 1 aromatic carbocycles. The van der Waals surface area contributed by atoms with Crippen LogP contribution in [0.15, 0.2) is 40.7 Å². The van der Waals surface area contributed by atoms with Crippen LogP contribution in [0.1, 0.15) is 22.0 Å². The number of hydrogen-bond donors (Lipinski definition) is 2. The van der Waals surface area contributed by atoms with Gasteiger partial charge in [-0.05, 0) is 50.5 Å². The quantitative estimate of drug-likeness (QED) is 0.329. The number of nitrogens with one attached hydrogen (secondary N) is 2. The standard InChI is InChI=1S/C20H30N4OS.HI/c1-15-8-9-18(25-5)16(13-15)10-11-22-20(21-2)23-14-17(24(3)4)19-7-6-12-26-19;/h6-9,12-13,17H,10-11,14H2,1-5H3,(H2,21,22,23);1H. The van der Waals surface area contributed by atoms with E-state index in [9.17, 15) is 0 Å². The van der Waals surface area contributed by atoms with Crippen molar-refractivity contribution in [3.8, 4) is 5.75 Å². The first-order valence-corrected chi connectivity index (χ1v) is 9.71. The molecule has 5 nitrogen and oxygen atoms in total. The second kappa shape index (κ2) is 12.2. The van der Waals surface area contributed by atoms with Crippen molar-refractivity contribution < 1.29 is 4.74 Å². The zero-order valence-electron chi connectivity index (χ0n) is 16.8. The van der Waals surface area contributed by atoms with Gasteiger partial charge in [0, 0.05) is 25.0 Å². The zero-order valence-corrected chi connectivity index (χ0v) is 19.9. The number of rotatable bonds is 8. The highest BCUT2D eigenvalue weighted by Gasteiger charge is 2.15. The van der Waals surface area contributed by atoms with Gasteiger partial charge in [0.15, 0.2) is 5.96 Å². The third-order valence-corrected chi connectivity index (χ3v) is 5.28. The molecule has 1 unspecified atom stereocenters. The number of likely N-dealkylation sites (N-methyl/N-ethyl adjacent to an activating group) is 1. The molecule has 0 amide bonds. The lowest BCUT2D eigenvalue weighted by Crippen LogP contribution is -2.42. The summed E-state index contributed by atoms with van der Waals surface area (Å²) in [7, 11) is 7.73. The normalized spacial score (nSPS) is 12.4. The first-order valence-electron chi connectivity index (χ1n) is 8.83. The Labute approximate surface area is 184 Å². The molecule has 150 valence electrons. The van der Waals surface area contributed by atoms with Crippen molar-refractivity contribution in [1.29, 1.82) is 0 Å². The summed E-state index contributed by atoms with van der Waals surface area (Å²) in [5.41, 5.74) is 2.45. The number of aliphatic imine (C=N–C) groups is 1. The largest absolute Gasteiger partial charge is 0.496 e. The van der Waals surface area contributed by atoms with E-state index in [1.807, 2.05) is 6.07 Å². The van der Waals surface area contributed by atoms with Gasteiger partial charge in [-0.25, -0.2) is 0 Å². The van der Waals surface area contributed by atoms with E-state index in [1.54, 1.807) is 25.5 Å². The summed E-state index contributed by atoms with van der Waals surface area (Å²) < 4.78 is 5.45. The fraction of sp³-hybridized carbons (Fsp3) is 0.450. The van der Waals surface area contributed by atoms with E-state index in [-0.39, 0.29) is 24.0 Å². The average Bonchev–Trinajstić information content (AvgIpc) is 3.14. The van der Waals surface area contributed by atoms with E-state index >= 15 is 0 Å². The molecule has 2 rings (SSSR count). The number of ether oxygens (including phenoxy) is 1. The summed E-state index contributed by atoms with van der Waals surface area (Å²) in [5, 5.41) is 8.95. The first-order chi connectivity index (χ1) is 12.5. The summed E-state index contributed by atoms with van der Waals surface area (Å²) in [6, 6.07) is 10.9. The second-order valence-electron chi connectivity index (χ2n) is 6.44. The molecule has 1 heterocycles. The number of thiophene rings is 1. The molecule has 27 heavy (non-hydrogen) atoms. The molecule has 0 radical (unpaired) electrons. The van der Waals surface area contributed by atoms with Crippen molar-refractivity contribution in [3.63, 3.8) is 0 Å². The topological polar surface area (TPSA) is 48.9 Å². The van der Waals surface area contributed by atoms with Crippen molar-refractivity contribution in [1.82, 2.24) is 15.5 Å². The second-order valence-corrected chi connectivity index (χ2v) is 7.42. The molecule has 2 N–H and O–H groups in total. The average molecular weight is 502 g/mol. The molecular formula is C20H31IN4OS. The lowest BCUT2D eigenvalue weighted by molar-refractivity contribution is 0.302. The van der Waals surface area contributed by atoms with E-state index in [2.05, 4.69) is 71.2 Å². The van der Waals surface area contributed by atoms with Gasteiger partial charge < -0.3 is 20.3 Å². The van der Waals surface area contributed by atoms with Gasteiger partial charge >= 0.3 is 0 Å². The van der Waals surface area contributed by atoms with Crippen molar-refractivity contribution in [2.75, 3.05) is 41.3 Å². The van der Waals surface area contributed by atoms with Gasteiger partial charge in [-0.2, -0.15) is 0 Å². The molecule has 2 aromatic rings. The van der Waals surface area contributed by atoms with Crippen LogP contribution in [0.2, 0.25) is 0 Å². The molecule has 0 aliphatic rings. The van der Waals surface area contributed by atoms with Crippen molar-refractivity contribution >= 4 is 41.3 Å². The molecule has 7 heteroatoms. The maximum atomic E-state index is 5.45. The molecule has 0 fully saturated rings. The Kier molecular flexibility index (Phi) is 10.7. The number of hydrogen-bond acceptors (Lipinski definition) is 4. The highest BCUT2D eigenvalue weighted by molar-refractivity contribution is 14.0. The molecule has 1 atom stereocenters. The minimum atomic E-state index is 0. The Morgan fingerprint density at radius 3 is 2.63 bits per heavy atom. The van der Waals surface area contributed by atoms with Gasteiger partial charge in [-0.1, -0.05) is 23.8 Å². The SMILES string of the molecule is CN=C(NCCc1cc(C)ccc1OC)NCC(c1cccs1)N(C)C.I.